The zero-order valence-corrected chi connectivity index (χ0v) is 16.0. The zero-order chi connectivity index (χ0) is 19.3. The summed E-state index contributed by atoms with van der Waals surface area (Å²) in [6, 6.07) is 10.9. The molecule has 7 nitrogen and oxygen atoms in total. The fourth-order valence-corrected chi connectivity index (χ4v) is 4.34. The monoisotopic (exact) mass is 389 g/mol. The quantitative estimate of drug-likeness (QED) is 0.819. The molecule has 1 fully saturated rings. The minimum absolute atomic E-state index is 0.0654. The summed E-state index contributed by atoms with van der Waals surface area (Å²) in [6.45, 7) is 3.00. The second-order valence-electron chi connectivity index (χ2n) is 6.66. The number of carbonyl (C=O) groups is 1. The van der Waals surface area contributed by atoms with Gasteiger partial charge in [0.1, 0.15) is 5.76 Å². The van der Waals surface area contributed by atoms with Gasteiger partial charge in [0.15, 0.2) is 5.69 Å². The summed E-state index contributed by atoms with van der Waals surface area (Å²) in [4.78, 5) is 12.1. The van der Waals surface area contributed by atoms with Crippen molar-refractivity contribution in [3.8, 4) is 0 Å². The van der Waals surface area contributed by atoms with Crippen LogP contribution in [-0.2, 0) is 10.0 Å². The third-order valence-corrected chi connectivity index (χ3v) is 6.02. The number of hydrogen-bond donors (Lipinski definition) is 1. The first-order valence-electron chi connectivity index (χ1n) is 8.89. The molecule has 1 N–H and O–H groups in total. The average molecular weight is 389 g/mol. The Morgan fingerprint density at radius 1 is 1.37 bits per heavy atom. The number of nitrogens with one attached hydrogen (secondary N) is 1. The number of carbonyl (C=O) groups excluding carboxylic acids is 1. The van der Waals surface area contributed by atoms with Crippen LogP contribution in [0.1, 0.15) is 34.7 Å². The Hall–Kier alpha value is -2.45. The number of benzene rings is 1. The van der Waals surface area contributed by atoms with E-state index >= 15 is 0 Å². The summed E-state index contributed by atoms with van der Waals surface area (Å²) in [6.07, 6.45) is 3.24. The van der Waals surface area contributed by atoms with E-state index in [4.69, 9.17) is 4.52 Å². The molecule has 0 aliphatic carbocycles. The van der Waals surface area contributed by atoms with Crippen molar-refractivity contribution in [3.05, 3.63) is 58.8 Å². The standard InChI is InChI=1S/C19H23N3O4S/c1-15-12-18(21-26-15)19(23)20-13-17-8-5-10-22(14-17)27(24,25)11-9-16-6-3-2-4-7-16/h2-4,6-7,9,11-12,17H,5,8,10,13-14H2,1H3,(H,20,23)/b11-9+. The van der Waals surface area contributed by atoms with Gasteiger partial charge in [0.25, 0.3) is 5.91 Å². The molecule has 0 radical (unpaired) electrons. The smallest absolute Gasteiger partial charge is 0.273 e. The van der Waals surface area contributed by atoms with E-state index in [1.807, 2.05) is 30.3 Å². The minimum Gasteiger partial charge on any atom is -0.361 e. The summed E-state index contributed by atoms with van der Waals surface area (Å²) >= 11 is 0. The maximum Gasteiger partial charge on any atom is 0.273 e. The molecule has 8 heteroatoms. The van der Waals surface area contributed by atoms with E-state index < -0.39 is 10.0 Å². The number of amides is 1. The summed E-state index contributed by atoms with van der Waals surface area (Å²) in [5, 5.41) is 7.75. The number of rotatable bonds is 6. The van der Waals surface area contributed by atoms with Gasteiger partial charge in [0.05, 0.1) is 0 Å². The molecule has 1 saturated heterocycles. The van der Waals surface area contributed by atoms with Gasteiger partial charge in [-0.2, -0.15) is 4.31 Å². The van der Waals surface area contributed by atoms with Crippen molar-refractivity contribution in [3.63, 3.8) is 0 Å². The molecule has 0 saturated carbocycles. The van der Waals surface area contributed by atoms with Crippen LogP contribution in [0, 0.1) is 12.8 Å². The third kappa shape index (κ3) is 5.27. The molecule has 27 heavy (non-hydrogen) atoms. The molecule has 1 aliphatic heterocycles. The number of sulfonamides is 1. The minimum atomic E-state index is -3.49. The first kappa shape index (κ1) is 19.3. The first-order chi connectivity index (χ1) is 12.9. The van der Waals surface area contributed by atoms with Crippen molar-refractivity contribution in [1.82, 2.24) is 14.8 Å². The molecular formula is C19H23N3O4S. The highest BCUT2D eigenvalue weighted by molar-refractivity contribution is 7.92. The van der Waals surface area contributed by atoms with Gasteiger partial charge in [-0.15, -0.1) is 0 Å². The molecule has 1 aromatic heterocycles. The zero-order valence-electron chi connectivity index (χ0n) is 15.2. The Bertz CT molecular complexity index is 906. The molecule has 3 rings (SSSR count). The van der Waals surface area contributed by atoms with Crippen LogP contribution in [0.5, 0.6) is 0 Å². The normalized spacial score (nSPS) is 18.6. The fourth-order valence-electron chi connectivity index (χ4n) is 3.04. The van der Waals surface area contributed by atoms with E-state index in [1.165, 1.54) is 9.71 Å². The van der Waals surface area contributed by atoms with Gasteiger partial charge >= 0.3 is 0 Å². The molecule has 1 aromatic carbocycles. The second-order valence-corrected chi connectivity index (χ2v) is 8.48. The topological polar surface area (TPSA) is 92.5 Å². The van der Waals surface area contributed by atoms with Crippen molar-refractivity contribution in [1.29, 1.82) is 0 Å². The largest absolute Gasteiger partial charge is 0.361 e. The van der Waals surface area contributed by atoms with Gasteiger partial charge in [-0.3, -0.25) is 4.79 Å². The third-order valence-electron chi connectivity index (χ3n) is 4.49. The van der Waals surface area contributed by atoms with Crippen molar-refractivity contribution in [2.75, 3.05) is 19.6 Å². The number of aryl methyl sites for hydroxylation is 1. The summed E-state index contributed by atoms with van der Waals surface area (Å²) in [7, 11) is -3.49. The lowest BCUT2D eigenvalue weighted by Crippen LogP contribution is -2.43. The van der Waals surface area contributed by atoms with E-state index in [0.29, 0.717) is 25.4 Å². The van der Waals surface area contributed by atoms with Crippen LogP contribution in [0.3, 0.4) is 0 Å². The molecular weight excluding hydrogens is 366 g/mol. The maximum atomic E-state index is 12.6. The first-order valence-corrected chi connectivity index (χ1v) is 10.4. The lowest BCUT2D eigenvalue weighted by atomic mass is 10.00. The summed E-state index contributed by atoms with van der Waals surface area (Å²) < 4.78 is 31.6. The van der Waals surface area contributed by atoms with Crippen LogP contribution >= 0.6 is 0 Å². The van der Waals surface area contributed by atoms with Crippen LogP contribution in [0.25, 0.3) is 6.08 Å². The van der Waals surface area contributed by atoms with Gasteiger partial charge in [-0.1, -0.05) is 35.5 Å². The molecule has 1 atom stereocenters. The lowest BCUT2D eigenvalue weighted by molar-refractivity contribution is 0.0932. The Kier molecular flexibility index (Phi) is 6.08. The molecule has 2 heterocycles. The molecule has 1 aliphatic rings. The molecule has 1 unspecified atom stereocenters. The number of piperidine rings is 1. The molecule has 0 bridgehead atoms. The van der Waals surface area contributed by atoms with Crippen LogP contribution in [0.4, 0.5) is 0 Å². The average Bonchev–Trinajstić information content (AvgIpc) is 3.12. The van der Waals surface area contributed by atoms with Crippen LogP contribution in [0.2, 0.25) is 0 Å². The molecule has 1 amide bonds. The number of aromatic nitrogens is 1. The predicted octanol–water partition coefficient (Wildman–Crippen LogP) is 2.43. The highest BCUT2D eigenvalue weighted by atomic mass is 32.2. The van der Waals surface area contributed by atoms with Gasteiger partial charge in [-0.05, 0) is 37.3 Å². The lowest BCUT2D eigenvalue weighted by Gasteiger charge is -2.31. The SMILES string of the molecule is Cc1cc(C(=O)NCC2CCCN(S(=O)(=O)/C=C/c3ccccc3)C2)no1. The van der Waals surface area contributed by atoms with Crippen molar-refractivity contribution >= 4 is 22.0 Å². The second kappa shape index (κ2) is 8.49. The van der Waals surface area contributed by atoms with E-state index in [1.54, 1.807) is 19.1 Å². The Balaban J connectivity index is 1.56. The Morgan fingerprint density at radius 2 is 2.15 bits per heavy atom. The maximum absolute atomic E-state index is 12.6. The van der Waals surface area contributed by atoms with Crippen molar-refractivity contribution < 1.29 is 17.7 Å². The van der Waals surface area contributed by atoms with Crippen molar-refractivity contribution in [2.45, 2.75) is 19.8 Å². The van der Waals surface area contributed by atoms with Gasteiger partial charge in [0.2, 0.25) is 10.0 Å². The molecule has 0 spiro atoms. The van der Waals surface area contributed by atoms with Gasteiger partial charge < -0.3 is 9.84 Å². The highest BCUT2D eigenvalue weighted by Crippen LogP contribution is 2.20. The van der Waals surface area contributed by atoms with E-state index in [0.717, 1.165) is 18.4 Å². The van der Waals surface area contributed by atoms with Crippen LogP contribution < -0.4 is 5.32 Å². The number of nitrogens with zero attached hydrogens (tertiary/aromatic N) is 2. The molecule has 2 aromatic rings. The highest BCUT2D eigenvalue weighted by Gasteiger charge is 2.27. The van der Waals surface area contributed by atoms with E-state index in [-0.39, 0.29) is 17.5 Å². The van der Waals surface area contributed by atoms with Crippen LogP contribution in [0.15, 0.2) is 46.3 Å². The fraction of sp³-hybridized carbons (Fsp3) is 0.368. The van der Waals surface area contributed by atoms with Crippen molar-refractivity contribution in [2.24, 2.45) is 5.92 Å². The van der Waals surface area contributed by atoms with Crippen LogP contribution in [-0.4, -0.2) is 43.4 Å². The predicted molar refractivity (Wildman–Crippen MR) is 102 cm³/mol. The van der Waals surface area contributed by atoms with Gasteiger partial charge in [0, 0.05) is 31.1 Å². The number of hydrogen-bond acceptors (Lipinski definition) is 5. The Morgan fingerprint density at radius 3 is 2.85 bits per heavy atom. The summed E-state index contributed by atoms with van der Waals surface area (Å²) in [5.41, 5.74) is 1.07. The van der Waals surface area contributed by atoms with E-state index in [2.05, 4.69) is 10.5 Å². The Labute approximate surface area is 159 Å². The van der Waals surface area contributed by atoms with Gasteiger partial charge in [-0.25, -0.2) is 8.42 Å². The molecule has 144 valence electrons. The van der Waals surface area contributed by atoms with E-state index in [9.17, 15) is 13.2 Å². The summed E-state index contributed by atoms with van der Waals surface area (Å²) in [5.74, 6) is 0.326.